The number of aromatic hydroxyl groups is 1. The van der Waals surface area contributed by atoms with Crippen LogP contribution in [0.15, 0.2) is 4.42 Å². The third kappa shape index (κ3) is 1.33. The van der Waals surface area contributed by atoms with Crippen molar-refractivity contribution in [2.24, 2.45) is 0 Å². The predicted molar refractivity (Wildman–Crippen MR) is 47.8 cm³/mol. The Morgan fingerprint density at radius 2 is 2.15 bits per heavy atom. The summed E-state index contributed by atoms with van der Waals surface area (Å²) in [6, 6.07) is 0. The summed E-state index contributed by atoms with van der Waals surface area (Å²) in [4.78, 5) is 0. The summed E-state index contributed by atoms with van der Waals surface area (Å²) in [7, 11) is 0. The van der Waals surface area contributed by atoms with Crippen LogP contribution in [0.1, 0.15) is 30.2 Å². The molecule has 0 fully saturated rings. The molecule has 3 heteroatoms. The van der Waals surface area contributed by atoms with Crippen LogP contribution >= 0.6 is 0 Å². The summed E-state index contributed by atoms with van der Waals surface area (Å²) in [5.74, 6) is 0.744. The van der Waals surface area contributed by atoms with Crippen molar-refractivity contribution in [3.05, 3.63) is 16.9 Å². The van der Waals surface area contributed by atoms with Gasteiger partial charge < -0.3 is 14.6 Å². The van der Waals surface area contributed by atoms with E-state index < -0.39 is 5.60 Å². The molecule has 1 aromatic heterocycles. The molecule has 13 heavy (non-hydrogen) atoms. The van der Waals surface area contributed by atoms with Gasteiger partial charge in [-0.15, -0.1) is 0 Å². The monoisotopic (exact) mass is 182 g/mol. The van der Waals surface area contributed by atoms with E-state index in [9.17, 15) is 10.2 Å². The van der Waals surface area contributed by atoms with Gasteiger partial charge in [0.15, 0.2) is 0 Å². The van der Waals surface area contributed by atoms with E-state index in [1.165, 1.54) is 0 Å². The smallest absolute Gasteiger partial charge is 0.285 e. The van der Waals surface area contributed by atoms with Crippen molar-refractivity contribution in [3.8, 4) is 5.95 Å². The quantitative estimate of drug-likeness (QED) is 0.639. The summed E-state index contributed by atoms with van der Waals surface area (Å²) >= 11 is 0. The van der Waals surface area contributed by atoms with Crippen LogP contribution in [-0.4, -0.2) is 15.8 Å². The lowest BCUT2D eigenvalue weighted by molar-refractivity contribution is 0.0391. The Morgan fingerprint density at radius 3 is 2.85 bits per heavy atom. The van der Waals surface area contributed by atoms with Gasteiger partial charge in [0.05, 0.1) is 5.60 Å². The van der Waals surface area contributed by atoms with Gasteiger partial charge in [-0.25, -0.2) is 0 Å². The number of furan rings is 1. The second-order valence-electron chi connectivity index (χ2n) is 4.11. The molecule has 0 radical (unpaired) electrons. The Labute approximate surface area is 77.0 Å². The summed E-state index contributed by atoms with van der Waals surface area (Å²) in [5, 5.41) is 19.1. The fraction of sp³-hybridized carbons (Fsp3) is 0.600. The van der Waals surface area contributed by atoms with Gasteiger partial charge in [-0.2, -0.15) is 0 Å². The van der Waals surface area contributed by atoms with Gasteiger partial charge in [0.25, 0.3) is 5.95 Å². The molecule has 0 bridgehead atoms. The summed E-state index contributed by atoms with van der Waals surface area (Å²) < 4.78 is 5.17. The summed E-state index contributed by atoms with van der Waals surface area (Å²) in [6.45, 7) is 3.64. The van der Waals surface area contributed by atoms with Crippen molar-refractivity contribution < 1.29 is 14.6 Å². The van der Waals surface area contributed by atoms with E-state index in [0.717, 1.165) is 29.7 Å². The Kier molecular flexibility index (Phi) is 1.67. The maximum absolute atomic E-state index is 9.78. The Hall–Kier alpha value is -0.960. The average molecular weight is 182 g/mol. The number of rotatable bonds is 0. The first kappa shape index (κ1) is 8.63. The van der Waals surface area contributed by atoms with Crippen molar-refractivity contribution in [2.45, 2.75) is 38.7 Å². The van der Waals surface area contributed by atoms with Gasteiger partial charge in [0, 0.05) is 17.5 Å². The molecule has 0 spiro atoms. The second-order valence-corrected chi connectivity index (χ2v) is 4.11. The molecular weight excluding hydrogens is 168 g/mol. The lowest BCUT2D eigenvalue weighted by Crippen LogP contribution is -2.31. The molecule has 2 rings (SSSR count). The maximum Gasteiger partial charge on any atom is 0.285 e. The Morgan fingerprint density at radius 1 is 1.46 bits per heavy atom. The first-order valence-electron chi connectivity index (χ1n) is 4.52. The van der Waals surface area contributed by atoms with E-state index in [0.29, 0.717) is 6.42 Å². The number of fused-ring (bicyclic) bond motifs is 1. The number of hydrogen-bond donors (Lipinski definition) is 2. The fourth-order valence-corrected chi connectivity index (χ4v) is 1.89. The maximum atomic E-state index is 9.78. The molecule has 1 atom stereocenters. The normalized spacial score (nSPS) is 27.3. The van der Waals surface area contributed by atoms with Crippen LogP contribution in [0.3, 0.4) is 0 Å². The first-order chi connectivity index (χ1) is 5.99. The summed E-state index contributed by atoms with van der Waals surface area (Å²) in [5.41, 5.74) is 1.22. The standard InChI is InChI=1S/C10H14O3/c1-6-7-3-4-10(2,12)5-8(7)13-9(6)11/h11-12H,3-5H2,1-2H3/t10-/m1/s1. The van der Waals surface area contributed by atoms with Gasteiger partial charge in [-0.3, -0.25) is 0 Å². The molecule has 0 saturated carbocycles. The highest BCUT2D eigenvalue weighted by molar-refractivity contribution is 5.37. The van der Waals surface area contributed by atoms with E-state index in [4.69, 9.17) is 4.42 Å². The average Bonchev–Trinajstić information content (AvgIpc) is 2.25. The minimum atomic E-state index is -0.677. The van der Waals surface area contributed by atoms with Gasteiger partial charge >= 0.3 is 0 Å². The second kappa shape index (κ2) is 2.51. The summed E-state index contributed by atoms with van der Waals surface area (Å²) in [6.07, 6.45) is 2.03. The minimum absolute atomic E-state index is 0.00250. The Bertz CT molecular complexity index is 336. The molecule has 1 aromatic rings. The molecule has 1 heterocycles. The lowest BCUT2D eigenvalue weighted by atomic mass is 9.85. The van der Waals surface area contributed by atoms with Crippen LogP contribution in [0, 0.1) is 6.92 Å². The highest BCUT2D eigenvalue weighted by Gasteiger charge is 2.31. The molecule has 2 N–H and O–H groups in total. The van der Waals surface area contributed by atoms with Crippen molar-refractivity contribution in [2.75, 3.05) is 0 Å². The van der Waals surface area contributed by atoms with E-state index in [1.807, 2.05) is 6.92 Å². The third-order valence-electron chi connectivity index (χ3n) is 2.78. The largest absolute Gasteiger partial charge is 0.481 e. The molecule has 3 nitrogen and oxygen atoms in total. The molecule has 0 saturated heterocycles. The first-order valence-corrected chi connectivity index (χ1v) is 4.52. The van der Waals surface area contributed by atoms with E-state index in [2.05, 4.69) is 0 Å². The van der Waals surface area contributed by atoms with Crippen molar-refractivity contribution in [3.63, 3.8) is 0 Å². The van der Waals surface area contributed by atoms with Crippen molar-refractivity contribution >= 4 is 0 Å². The van der Waals surface area contributed by atoms with E-state index >= 15 is 0 Å². The molecule has 0 unspecified atom stereocenters. The van der Waals surface area contributed by atoms with E-state index in [1.54, 1.807) is 6.92 Å². The van der Waals surface area contributed by atoms with Crippen LogP contribution in [0.25, 0.3) is 0 Å². The topological polar surface area (TPSA) is 53.6 Å². The number of hydrogen-bond acceptors (Lipinski definition) is 3. The predicted octanol–water partition coefficient (Wildman–Crippen LogP) is 1.53. The number of aliphatic hydroxyl groups is 1. The third-order valence-corrected chi connectivity index (χ3v) is 2.78. The molecular formula is C10H14O3. The highest BCUT2D eigenvalue weighted by Crippen LogP contribution is 2.36. The lowest BCUT2D eigenvalue weighted by Gasteiger charge is -2.26. The Balaban J connectivity index is 2.42. The SMILES string of the molecule is Cc1c(O)oc2c1CC[C@@](C)(O)C2. The zero-order chi connectivity index (χ0) is 9.64. The highest BCUT2D eigenvalue weighted by atomic mass is 16.5. The van der Waals surface area contributed by atoms with Gasteiger partial charge in [0.2, 0.25) is 0 Å². The zero-order valence-electron chi connectivity index (χ0n) is 7.92. The molecule has 0 amide bonds. The molecule has 1 aliphatic carbocycles. The van der Waals surface area contributed by atoms with Crippen molar-refractivity contribution in [1.82, 2.24) is 0 Å². The zero-order valence-corrected chi connectivity index (χ0v) is 7.92. The van der Waals surface area contributed by atoms with Crippen molar-refractivity contribution in [1.29, 1.82) is 0 Å². The van der Waals surface area contributed by atoms with E-state index in [-0.39, 0.29) is 5.95 Å². The van der Waals surface area contributed by atoms with Crippen LogP contribution < -0.4 is 0 Å². The van der Waals surface area contributed by atoms with Gasteiger partial charge in [-0.05, 0) is 26.7 Å². The van der Waals surface area contributed by atoms with Crippen LogP contribution in [0.5, 0.6) is 5.95 Å². The molecule has 0 aliphatic heterocycles. The molecule has 1 aliphatic rings. The van der Waals surface area contributed by atoms with Crippen LogP contribution in [0.2, 0.25) is 0 Å². The molecule has 0 aromatic carbocycles. The fourth-order valence-electron chi connectivity index (χ4n) is 1.89. The molecule has 72 valence electrons. The van der Waals surface area contributed by atoms with Crippen LogP contribution in [-0.2, 0) is 12.8 Å². The van der Waals surface area contributed by atoms with Gasteiger partial charge in [-0.1, -0.05) is 0 Å². The minimum Gasteiger partial charge on any atom is -0.481 e. The van der Waals surface area contributed by atoms with Crippen LogP contribution in [0.4, 0.5) is 0 Å². The van der Waals surface area contributed by atoms with Gasteiger partial charge in [0.1, 0.15) is 5.76 Å².